The van der Waals surface area contributed by atoms with Gasteiger partial charge in [0.05, 0.1) is 21.9 Å². The van der Waals surface area contributed by atoms with Crippen LogP contribution in [-0.4, -0.2) is 24.0 Å². The molecular formula is C20H16ClN3O2S. The first-order chi connectivity index (χ1) is 12.9. The molecule has 0 radical (unpaired) electrons. The van der Waals surface area contributed by atoms with Gasteiger partial charge in [-0.15, -0.1) is 0 Å². The molecule has 0 spiro atoms. The molecule has 1 N–H and O–H groups in total. The fraction of sp³-hybridized carbons (Fsp3) is 0.150. The van der Waals surface area contributed by atoms with E-state index in [4.69, 9.17) is 11.6 Å². The van der Waals surface area contributed by atoms with Gasteiger partial charge in [0.1, 0.15) is 0 Å². The fourth-order valence-electron chi connectivity index (χ4n) is 3.12. The molecule has 2 aromatic rings. The van der Waals surface area contributed by atoms with Crippen LogP contribution in [0.2, 0.25) is 5.02 Å². The van der Waals surface area contributed by atoms with Gasteiger partial charge in [0, 0.05) is 17.6 Å². The number of amides is 2. The van der Waals surface area contributed by atoms with Crippen LogP contribution in [-0.2, 0) is 9.59 Å². The maximum atomic E-state index is 12.8. The van der Waals surface area contributed by atoms with E-state index in [9.17, 15) is 9.59 Å². The number of aliphatic imine (C=N–C) groups is 1. The summed E-state index contributed by atoms with van der Waals surface area (Å²) in [6, 6.07) is 11.2. The largest absolute Gasteiger partial charge is 0.311 e. The lowest BCUT2D eigenvalue weighted by molar-refractivity contribution is -0.116. The van der Waals surface area contributed by atoms with Gasteiger partial charge < -0.3 is 10.2 Å². The van der Waals surface area contributed by atoms with Crippen molar-refractivity contribution in [2.75, 3.05) is 11.9 Å². The van der Waals surface area contributed by atoms with Crippen LogP contribution in [0.15, 0.2) is 46.3 Å². The predicted molar refractivity (Wildman–Crippen MR) is 111 cm³/mol. The van der Waals surface area contributed by atoms with Crippen LogP contribution in [0.1, 0.15) is 16.7 Å². The topological polar surface area (TPSA) is 61.8 Å². The van der Waals surface area contributed by atoms with Crippen molar-refractivity contribution in [3.05, 3.63) is 63.0 Å². The lowest BCUT2D eigenvalue weighted by Crippen LogP contribution is -2.23. The number of benzene rings is 2. The summed E-state index contributed by atoms with van der Waals surface area (Å²) >= 11 is 7.32. The van der Waals surface area contributed by atoms with Crippen LogP contribution in [0, 0.1) is 13.8 Å². The molecule has 2 aromatic carbocycles. The molecule has 1 saturated heterocycles. The van der Waals surface area contributed by atoms with Crippen LogP contribution in [0.25, 0.3) is 5.57 Å². The quantitative estimate of drug-likeness (QED) is 0.734. The number of aryl methyl sites for hydroxylation is 1. The summed E-state index contributed by atoms with van der Waals surface area (Å²) < 4.78 is 0. The molecule has 0 saturated carbocycles. The van der Waals surface area contributed by atoms with E-state index < -0.39 is 0 Å². The Bertz CT molecular complexity index is 1070. The van der Waals surface area contributed by atoms with Crippen molar-refractivity contribution in [3.63, 3.8) is 0 Å². The van der Waals surface area contributed by atoms with E-state index >= 15 is 0 Å². The third kappa shape index (κ3) is 2.95. The van der Waals surface area contributed by atoms with Gasteiger partial charge >= 0.3 is 0 Å². The van der Waals surface area contributed by atoms with E-state index in [2.05, 4.69) is 10.3 Å². The lowest BCUT2D eigenvalue weighted by atomic mass is 10.0. The third-order valence-corrected chi connectivity index (χ3v) is 6.00. The Morgan fingerprint density at radius 3 is 2.70 bits per heavy atom. The van der Waals surface area contributed by atoms with Gasteiger partial charge in [-0.25, -0.2) is 4.99 Å². The molecule has 5 nitrogen and oxygen atoms in total. The predicted octanol–water partition coefficient (Wildman–Crippen LogP) is 4.20. The normalized spacial score (nSPS) is 20.4. The van der Waals surface area contributed by atoms with Gasteiger partial charge in [-0.3, -0.25) is 9.59 Å². The Hall–Kier alpha value is -2.57. The minimum atomic E-state index is -0.315. The summed E-state index contributed by atoms with van der Waals surface area (Å²) in [6.07, 6.45) is 0. The Balaban J connectivity index is 1.79. The summed E-state index contributed by atoms with van der Waals surface area (Å²) in [7, 11) is 1.71. The Morgan fingerprint density at radius 1 is 1.15 bits per heavy atom. The molecule has 27 heavy (non-hydrogen) atoms. The van der Waals surface area contributed by atoms with Crippen LogP contribution in [0.5, 0.6) is 0 Å². The van der Waals surface area contributed by atoms with E-state index in [1.165, 1.54) is 11.8 Å². The van der Waals surface area contributed by atoms with Gasteiger partial charge in [-0.2, -0.15) is 0 Å². The fourth-order valence-corrected chi connectivity index (χ4v) is 4.21. The number of fused-ring (bicyclic) bond motifs is 1. The summed E-state index contributed by atoms with van der Waals surface area (Å²) in [5.41, 5.74) is 4.55. The molecule has 2 heterocycles. The minimum Gasteiger partial charge on any atom is -0.311 e. The number of likely N-dealkylation sites (N-methyl/N-ethyl adjacent to an activating group) is 1. The highest BCUT2D eigenvalue weighted by Gasteiger charge is 2.38. The maximum absolute atomic E-state index is 12.8. The number of anilines is 1. The summed E-state index contributed by atoms with van der Waals surface area (Å²) in [6.45, 7) is 3.83. The molecule has 1 fully saturated rings. The minimum absolute atomic E-state index is 0.187. The molecule has 0 aromatic heterocycles. The second kappa shape index (κ2) is 6.55. The molecule has 0 unspecified atom stereocenters. The number of rotatable bonds is 1. The molecule has 2 aliphatic heterocycles. The van der Waals surface area contributed by atoms with E-state index in [0.29, 0.717) is 26.4 Å². The zero-order valence-electron chi connectivity index (χ0n) is 15.0. The Labute approximate surface area is 166 Å². The number of hydrogen-bond acceptors (Lipinski definition) is 4. The van der Waals surface area contributed by atoms with Crippen molar-refractivity contribution < 1.29 is 9.59 Å². The smallest absolute Gasteiger partial charge is 0.264 e. The van der Waals surface area contributed by atoms with Gasteiger partial charge in [0.15, 0.2) is 5.17 Å². The van der Waals surface area contributed by atoms with E-state index in [0.717, 1.165) is 22.4 Å². The van der Waals surface area contributed by atoms with E-state index in [1.807, 2.05) is 44.2 Å². The average molecular weight is 398 g/mol. The van der Waals surface area contributed by atoms with Crippen molar-refractivity contribution in [2.24, 2.45) is 4.99 Å². The van der Waals surface area contributed by atoms with Crippen molar-refractivity contribution in [1.29, 1.82) is 0 Å². The molecule has 0 bridgehead atoms. The molecule has 7 heteroatoms. The van der Waals surface area contributed by atoms with Gasteiger partial charge in [0.2, 0.25) is 0 Å². The second-order valence-corrected chi connectivity index (χ2v) is 7.85. The van der Waals surface area contributed by atoms with Crippen LogP contribution >= 0.6 is 23.4 Å². The van der Waals surface area contributed by atoms with Gasteiger partial charge in [0.25, 0.3) is 11.8 Å². The van der Waals surface area contributed by atoms with Crippen LogP contribution < -0.4 is 10.2 Å². The Morgan fingerprint density at radius 2 is 1.93 bits per heavy atom. The zero-order valence-corrected chi connectivity index (χ0v) is 16.5. The average Bonchev–Trinajstić information content (AvgIpc) is 3.09. The number of thioether (sulfide) groups is 1. The number of amidine groups is 1. The van der Waals surface area contributed by atoms with Crippen molar-refractivity contribution in [2.45, 2.75) is 13.8 Å². The lowest BCUT2D eigenvalue weighted by Gasteiger charge is -2.08. The van der Waals surface area contributed by atoms with E-state index in [-0.39, 0.29) is 11.8 Å². The first kappa shape index (κ1) is 17.8. The molecular weight excluding hydrogens is 382 g/mol. The first-order valence-electron chi connectivity index (χ1n) is 8.33. The summed E-state index contributed by atoms with van der Waals surface area (Å²) in [5, 5.41) is 3.81. The standard InChI is InChI=1S/C20H16ClN3O2S/c1-10-7-8-15-12(9-10)16(19(26)24(15)3)17-18(25)23-20(27-17)22-14-6-4-5-13(21)11(14)2/h4-9H,1-3H3,(H,22,23,25)/b17-16+. The molecule has 0 atom stereocenters. The maximum Gasteiger partial charge on any atom is 0.264 e. The molecule has 136 valence electrons. The number of carbonyl (C=O) groups is 2. The molecule has 4 rings (SSSR count). The number of carbonyl (C=O) groups excluding carboxylic acids is 2. The van der Waals surface area contributed by atoms with Crippen LogP contribution in [0.3, 0.4) is 0 Å². The zero-order chi connectivity index (χ0) is 19.3. The highest BCUT2D eigenvalue weighted by molar-refractivity contribution is 8.18. The van der Waals surface area contributed by atoms with Crippen molar-refractivity contribution in [1.82, 2.24) is 5.32 Å². The first-order valence-corrected chi connectivity index (χ1v) is 9.52. The van der Waals surface area contributed by atoms with Crippen LogP contribution in [0.4, 0.5) is 11.4 Å². The summed E-state index contributed by atoms with van der Waals surface area (Å²) in [5.74, 6) is -0.502. The highest BCUT2D eigenvalue weighted by atomic mass is 35.5. The monoisotopic (exact) mass is 397 g/mol. The number of hydrogen-bond donors (Lipinski definition) is 1. The molecule has 2 amide bonds. The molecule has 0 aliphatic carbocycles. The van der Waals surface area contributed by atoms with Crippen molar-refractivity contribution >= 4 is 57.3 Å². The number of halogens is 1. The molecule has 2 aliphatic rings. The summed E-state index contributed by atoms with van der Waals surface area (Å²) in [4.78, 5) is 31.8. The Kier molecular flexibility index (Phi) is 4.32. The van der Waals surface area contributed by atoms with Gasteiger partial charge in [-0.05, 0) is 55.4 Å². The third-order valence-electron chi connectivity index (χ3n) is 4.61. The SMILES string of the molecule is Cc1ccc2c(c1)/C(=C1\SC(=Nc3cccc(Cl)c3C)NC1=O)C(=O)N2C. The second-order valence-electron chi connectivity index (χ2n) is 6.45. The van der Waals surface area contributed by atoms with Gasteiger partial charge in [-0.1, -0.05) is 29.3 Å². The number of nitrogens with one attached hydrogen (secondary N) is 1. The van der Waals surface area contributed by atoms with Crippen molar-refractivity contribution in [3.8, 4) is 0 Å². The highest BCUT2D eigenvalue weighted by Crippen LogP contribution is 2.42. The van der Waals surface area contributed by atoms with E-state index in [1.54, 1.807) is 18.0 Å². The number of nitrogens with zero attached hydrogens (tertiary/aromatic N) is 2.